The van der Waals surface area contributed by atoms with E-state index >= 15 is 0 Å². The Bertz CT molecular complexity index is 987. The van der Waals surface area contributed by atoms with E-state index in [0.29, 0.717) is 24.7 Å². The minimum absolute atomic E-state index is 0.0639. The topological polar surface area (TPSA) is 110 Å². The van der Waals surface area contributed by atoms with Gasteiger partial charge >= 0.3 is 0 Å². The minimum Gasteiger partial charge on any atom is -0.387 e. The van der Waals surface area contributed by atoms with Crippen LogP contribution in [0, 0.1) is 39.9 Å². The molecule has 2 heterocycles. The SMILES string of the molecule is C=C1C(=O)[C@]23[C@H](C)[C@H]1CC[C@H]2[C@@]12CO[C@]3(OC(C)(C)O)[C@@H](O)[C@@H]1C(C)(C)C=C(C=O)C2=O. The fourth-order valence-electron chi connectivity index (χ4n) is 8.59. The highest BCUT2D eigenvalue weighted by Crippen LogP contribution is 2.78. The maximum atomic E-state index is 14.0. The maximum Gasteiger partial charge on any atom is 0.211 e. The van der Waals surface area contributed by atoms with Crippen molar-refractivity contribution in [3.8, 4) is 0 Å². The molecule has 3 saturated carbocycles. The number of ketones is 2. The van der Waals surface area contributed by atoms with Crippen molar-refractivity contribution < 1.29 is 34.1 Å². The summed E-state index contributed by atoms with van der Waals surface area (Å²) in [7, 11) is 0. The van der Waals surface area contributed by atoms with E-state index in [1.165, 1.54) is 13.8 Å². The molecule has 7 heteroatoms. The Morgan fingerprint density at radius 2 is 1.91 bits per heavy atom. The molecule has 6 aliphatic rings. The molecule has 0 unspecified atom stereocenters. The third-order valence-corrected chi connectivity index (χ3v) is 9.28. The summed E-state index contributed by atoms with van der Waals surface area (Å²) in [4.78, 5) is 39.8. The van der Waals surface area contributed by atoms with Crippen LogP contribution in [0.2, 0.25) is 0 Å². The van der Waals surface area contributed by atoms with Crippen molar-refractivity contribution in [3.05, 3.63) is 23.8 Å². The molecular formula is C25H32O7. The normalized spacial score (nSPS) is 48.9. The number of fused-ring (bicyclic) bond motifs is 2. The predicted octanol–water partition coefficient (Wildman–Crippen LogP) is 1.96. The number of rotatable bonds is 3. The van der Waals surface area contributed by atoms with Gasteiger partial charge in [-0.05, 0) is 55.4 Å². The van der Waals surface area contributed by atoms with Gasteiger partial charge in [0.15, 0.2) is 23.6 Å². The van der Waals surface area contributed by atoms with Crippen molar-refractivity contribution in [2.75, 3.05) is 6.61 Å². The average molecular weight is 445 g/mol. The van der Waals surface area contributed by atoms with E-state index in [1.54, 1.807) is 6.08 Å². The second kappa shape index (κ2) is 6.06. The first kappa shape index (κ1) is 22.1. The Balaban J connectivity index is 1.87. The maximum absolute atomic E-state index is 14.0. The molecule has 2 N–H and O–H groups in total. The van der Waals surface area contributed by atoms with Gasteiger partial charge in [0.2, 0.25) is 5.79 Å². The van der Waals surface area contributed by atoms with Gasteiger partial charge in [0, 0.05) is 5.92 Å². The molecule has 8 atom stereocenters. The molecule has 174 valence electrons. The molecule has 4 bridgehead atoms. The van der Waals surface area contributed by atoms with Crippen LogP contribution in [0.5, 0.6) is 0 Å². The van der Waals surface area contributed by atoms with Crippen LogP contribution in [0.3, 0.4) is 0 Å². The molecule has 2 aliphatic heterocycles. The van der Waals surface area contributed by atoms with Crippen LogP contribution in [0.4, 0.5) is 0 Å². The lowest BCUT2D eigenvalue weighted by Gasteiger charge is -2.74. The Kier molecular flexibility index (Phi) is 4.19. The van der Waals surface area contributed by atoms with Crippen LogP contribution < -0.4 is 0 Å². The molecule has 0 aromatic rings. The van der Waals surface area contributed by atoms with Gasteiger partial charge in [0.1, 0.15) is 6.10 Å². The smallest absolute Gasteiger partial charge is 0.211 e. The molecule has 0 radical (unpaired) electrons. The first-order chi connectivity index (χ1) is 14.7. The fraction of sp³-hybridized carbons (Fsp3) is 0.720. The number of Topliss-reactive ketones (excluding diaryl/α,β-unsaturated/α-hetero) is 2. The zero-order valence-electron chi connectivity index (χ0n) is 19.3. The number of hydrogen-bond acceptors (Lipinski definition) is 7. The van der Waals surface area contributed by atoms with Crippen LogP contribution in [0.1, 0.15) is 47.5 Å². The van der Waals surface area contributed by atoms with Crippen LogP contribution in [0.15, 0.2) is 23.8 Å². The molecule has 5 fully saturated rings. The van der Waals surface area contributed by atoms with Gasteiger partial charge in [-0.1, -0.05) is 33.4 Å². The van der Waals surface area contributed by atoms with Gasteiger partial charge in [0.05, 0.1) is 23.0 Å². The van der Waals surface area contributed by atoms with Crippen LogP contribution >= 0.6 is 0 Å². The van der Waals surface area contributed by atoms with Gasteiger partial charge in [-0.15, -0.1) is 0 Å². The highest BCUT2D eigenvalue weighted by molar-refractivity contribution is 6.16. The lowest BCUT2D eigenvalue weighted by Crippen LogP contribution is -2.85. The number of aliphatic hydroxyl groups is 2. The van der Waals surface area contributed by atoms with E-state index < -0.39 is 45.8 Å². The van der Waals surface area contributed by atoms with Crippen molar-refractivity contribution in [1.29, 1.82) is 0 Å². The summed E-state index contributed by atoms with van der Waals surface area (Å²) in [6.45, 7) is 12.6. The van der Waals surface area contributed by atoms with E-state index in [4.69, 9.17) is 9.47 Å². The number of carbonyl (C=O) groups excluding carboxylic acids is 3. The molecular weight excluding hydrogens is 412 g/mol. The lowest BCUT2D eigenvalue weighted by molar-refractivity contribution is -0.475. The summed E-state index contributed by atoms with van der Waals surface area (Å²) < 4.78 is 12.5. The predicted molar refractivity (Wildman–Crippen MR) is 113 cm³/mol. The monoisotopic (exact) mass is 444 g/mol. The van der Waals surface area contributed by atoms with E-state index in [9.17, 15) is 24.6 Å². The number of aliphatic hydroxyl groups excluding tert-OH is 1. The zero-order chi connectivity index (χ0) is 23.6. The van der Waals surface area contributed by atoms with Crippen molar-refractivity contribution in [3.63, 3.8) is 0 Å². The Morgan fingerprint density at radius 1 is 1.25 bits per heavy atom. The molecule has 32 heavy (non-hydrogen) atoms. The molecule has 2 spiro atoms. The Hall–Kier alpha value is -1.67. The van der Waals surface area contributed by atoms with Gasteiger partial charge in [-0.3, -0.25) is 14.4 Å². The van der Waals surface area contributed by atoms with Gasteiger partial charge in [-0.2, -0.15) is 0 Å². The zero-order valence-corrected chi connectivity index (χ0v) is 19.3. The van der Waals surface area contributed by atoms with Crippen molar-refractivity contribution >= 4 is 17.9 Å². The van der Waals surface area contributed by atoms with E-state index in [0.717, 1.165) is 0 Å². The van der Waals surface area contributed by atoms with Crippen LogP contribution in [-0.4, -0.2) is 52.4 Å². The molecule has 4 aliphatic carbocycles. The number of hydrogen-bond donors (Lipinski definition) is 2. The summed E-state index contributed by atoms with van der Waals surface area (Å²) in [5, 5.41) is 22.7. The fourth-order valence-corrected chi connectivity index (χ4v) is 8.59. The first-order valence-electron chi connectivity index (χ1n) is 11.4. The third-order valence-electron chi connectivity index (χ3n) is 9.28. The molecule has 0 aromatic carbocycles. The van der Waals surface area contributed by atoms with Crippen molar-refractivity contribution in [1.82, 2.24) is 0 Å². The second-order valence-electron chi connectivity index (χ2n) is 11.6. The highest BCUT2D eigenvalue weighted by atomic mass is 16.8. The summed E-state index contributed by atoms with van der Waals surface area (Å²) in [6.07, 6.45) is 2.06. The van der Waals surface area contributed by atoms with Crippen LogP contribution in [-0.2, 0) is 23.9 Å². The lowest BCUT2D eigenvalue weighted by atomic mass is 9.35. The van der Waals surface area contributed by atoms with Crippen molar-refractivity contribution in [2.45, 2.75) is 65.1 Å². The van der Waals surface area contributed by atoms with E-state index in [-0.39, 0.29) is 35.6 Å². The van der Waals surface area contributed by atoms with E-state index in [1.807, 2.05) is 20.8 Å². The second-order valence-corrected chi connectivity index (χ2v) is 11.6. The molecule has 7 nitrogen and oxygen atoms in total. The molecule has 0 aromatic heterocycles. The van der Waals surface area contributed by atoms with Gasteiger partial charge in [0.25, 0.3) is 0 Å². The average Bonchev–Trinajstić information content (AvgIpc) is 2.79. The third kappa shape index (κ3) is 2.10. The van der Waals surface area contributed by atoms with E-state index in [2.05, 4.69) is 6.58 Å². The standard InChI is InChI=1S/C25H32O7/c1-12-15-7-8-16-23-11-31-25(32-22(5,6)30,24(16,13(15)2)18(12)27)20(29)17(23)21(3,4)9-14(10-26)19(23)28/h9-10,13,15-17,20,29-30H,1,7-8,11H2,2-6H3/t13-,15+,16+,17-,20+,23+,24+,25+/m1/s1. The number of carbonyl (C=O) groups is 3. The van der Waals surface area contributed by atoms with Crippen molar-refractivity contribution in [2.24, 2.45) is 39.9 Å². The summed E-state index contributed by atoms with van der Waals surface area (Å²) >= 11 is 0. The Labute approximate surface area is 187 Å². The highest BCUT2D eigenvalue weighted by Gasteiger charge is 2.87. The number of ether oxygens (including phenoxy) is 2. The largest absolute Gasteiger partial charge is 0.387 e. The summed E-state index contributed by atoms with van der Waals surface area (Å²) in [5.41, 5.74) is -2.84. The first-order valence-corrected chi connectivity index (χ1v) is 11.4. The minimum atomic E-state index is -1.83. The van der Waals surface area contributed by atoms with Crippen LogP contribution in [0.25, 0.3) is 0 Å². The molecule has 2 saturated heterocycles. The van der Waals surface area contributed by atoms with Gasteiger partial charge < -0.3 is 19.7 Å². The molecule has 0 amide bonds. The number of allylic oxidation sites excluding steroid dienone is 3. The Morgan fingerprint density at radius 3 is 2.50 bits per heavy atom. The summed E-state index contributed by atoms with van der Waals surface area (Å²) in [5.74, 6) is -5.74. The quantitative estimate of drug-likeness (QED) is 0.296. The van der Waals surface area contributed by atoms with Gasteiger partial charge in [-0.25, -0.2) is 0 Å². The molecule has 6 rings (SSSR count). The number of aldehydes is 1. The summed E-state index contributed by atoms with van der Waals surface area (Å²) in [6, 6.07) is 0.